The maximum absolute atomic E-state index is 13.4. The molecule has 3 aromatic rings. The summed E-state index contributed by atoms with van der Waals surface area (Å²) in [7, 11) is -3.69. The minimum Gasteiger partial charge on any atom is -0.491 e. The molecule has 1 N–H and O–H groups in total. The van der Waals surface area contributed by atoms with E-state index in [1.54, 1.807) is 24.3 Å². The van der Waals surface area contributed by atoms with E-state index in [0.717, 1.165) is 0 Å². The fourth-order valence-corrected chi connectivity index (χ4v) is 6.06. The molecule has 2 aromatic heterocycles. The van der Waals surface area contributed by atoms with Crippen LogP contribution in [0.4, 0.5) is 0 Å². The van der Waals surface area contributed by atoms with E-state index >= 15 is 0 Å². The zero-order valence-electron chi connectivity index (χ0n) is 19.3. The molecule has 0 atom stereocenters. The lowest BCUT2D eigenvalue weighted by molar-refractivity contribution is -0.137. The molecular formula is C24H26BrN3O6S. The monoisotopic (exact) mass is 563 g/mol. The van der Waals surface area contributed by atoms with Gasteiger partial charge in [-0.25, -0.2) is 13.4 Å². The van der Waals surface area contributed by atoms with Gasteiger partial charge < -0.3 is 14.4 Å². The van der Waals surface area contributed by atoms with Crippen molar-refractivity contribution in [3.8, 4) is 5.75 Å². The number of aliphatic carboxylic acids is 1. The van der Waals surface area contributed by atoms with Gasteiger partial charge in [0.05, 0.1) is 11.0 Å². The third kappa shape index (κ3) is 5.41. The second-order valence-corrected chi connectivity index (χ2v) is 11.5. The van der Waals surface area contributed by atoms with Gasteiger partial charge in [-0.2, -0.15) is 4.31 Å². The summed E-state index contributed by atoms with van der Waals surface area (Å²) in [6, 6.07) is 9.80. The van der Waals surface area contributed by atoms with Crippen LogP contribution in [0.1, 0.15) is 37.0 Å². The van der Waals surface area contributed by atoms with E-state index in [1.165, 1.54) is 27.2 Å². The quantitative estimate of drug-likeness (QED) is 0.325. The van der Waals surface area contributed by atoms with Gasteiger partial charge in [-0.05, 0) is 79.0 Å². The molecule has 0 spiro atoms. The van der Waals surface area contributed by atoms with Crippen LogP contribution in [0.25, 0.3) is 11.0 Å². The lowest BCUT2D eigenvalue weighted by Gasteiger charge is -2.30. The Balaban J connectivity index is 1.49. The highest BCUT2D eigenvalue weighted by atomic mass is 79.9. The first-order valence-electron chi connectivity index (χ1n) is 11.2. The van der Waals surface area contributed by atoms with Crippen LogP contribution in [-0.4, -0.2) is 58.3 Å². The Hall–Kier alpha value is -2.76. The number of nitrogens with zero attached hydrogens (tertiary/aromatic N) is 3. The molecular weight excluding hydrogens is 538 g/mol. The van der Waals surface area contributed by atoms with Crippen molar-refractivity contribution in [1.29, 1.82) is 0 Å². The van der Waals surface area contributed by atoms with Gasteiger partial charge in [0.15, 0.2) is 5.78 Å². The molecule has 1 aliphatic heterocycles. The van der Waals surface area contributed by atoms with Gasteiger partial charge in [-0.15, -0.1) is 0 Å². The molecule has 3 heterocycles. The van der Waals surface area contributed by atoms with Crippen molar-refractivity contribution >= 4 is 48.7 Å². The average molecular weight is 564 g/mol. The van der Waals surface area contributed by atoms with Crippen LogP contribution in [0.15, 0.2) is 52.1 Å². The molecule has 0 bridgehead atoms. The van der Waals surface area contributed by atoms with Crippen LogP contribution in [0.5, 0.6) is 5.75 Å². The van der Waals surface area contributed by atoms with E-state index in [9.17, 15) is 23.1 Å². The van der Waals surface area contributed by atoms with Crippen LogP contribution >= 0.6 is 15.9 Å². The molecule has 0 amide bonds. The van der Waals surface area contributed by atoms with E-state index in [-0.39, 0.29) is 42.3 Å². The van der Waals surface area contributed by atoms with Gasteiger partial charge in [0.1, 0.15) is 22.5 Å². The highest BCUT2D eigenvalue weighted by Gasteiger charge is 2.33. The lowest BCUT2D eigenvalue weighted by Crippen LogP contribution is -2.40. The molecule has 0 aliphatic carbocycles. The number of sulfonamides is 1. The van der Waals surface area contributed by atoms with Crippen molar-refractivity contribution in [2.24, 2.45) is 5.92 Å². The number of Topliss-reactive ketones (excluding diaryl/α,β-unsaturated/α-hetero) is 1. The number of hydrogen-bond acceptors (Lipinski definition) is 6. The van der Waals surface area contributed by atoms with Gasteiger partial charge >= 0.3 is 5.97 Å². The van der Waals surface area contributed by atoms with E-state index < -0.39 is 16.0 Å². The molecule has 1 aliphatic rings. The minimum absolute atomic E-state index is 0.00974. The van der Waals surface area contributed by atoms with Crippen molar-refractivity contribution in [3.63, 3.8) is 0 Å². The summed E-state index contributed by atoms with van der Waals surface area (Å²) in [5, 5.41) is 9.81. The Bertz CT molecular complexity index is 1360. The SMILES string of the molecule is CC(C)Oc1ccc(S(=O)(=O)N2CCC(C(=O)c3cn(CC(=O)O)c4nc(Br)ccc34)CC2)cc1. The summed E-state index contributed by atoms with van der Waals surface area (Å²) < 4.78 is 35.2. The zero-order chi connectivity index (χ0) is 25.3. The standard InChI is InChI=1S/C24H26BrN3O6S/c1-15(2)34-17-3-5-18(6-4-17)35(32,33)28-11-9-16(10-12-28)23(31)20-13-27(14-22(29)30)24-19(20)7-8-21(25)26-24/h3-8,13,15-16H,9-12,14H2,1-2H3,(H,29,30). The first-order chi connectivity index (χ1) is 16.6. The van der Waals surface area contributed by atoms with Crippen LogP contribution in [0.2, 0.25) is 0 Å². The third-order valence-electron chi connectivity index (χ3n) is 5.92. The van der Waals surface area contributed by atoms with Gasteiger partial charge in [-0.1, -0.05) is 0 Å². The molecule has 1 saturated heterocycles. The molecule has 9 nitrogen and oxygen atoms in total. The fraction of sp³-hybridized carbons (Fsp3) is 0.375. The Morgan fingerprint density at radius 3 is 2.40 bits per heavy atom. The number of fused-ring (bicyclic) bond motifs is 1. The summed E-state index contributed by atoms with van der Waals surface area (Å²) in [6.07, 6.45) is 2.28. The molecule has 0 radical (unpaired) electrons. The van der Waals surface area contributed by atoms with Crippen LogP contribution < -0.4 is 4.74 Å². The first kappa shape index (κ1) is 25.3. The summed E-state index contributed by atoms with van der Waals surface area (Å²) in [6.45, 7) is 3.93. The van der Waals surface area contributed by atoms with Crippen LogP contribution in [0, 0.1) is 5.92 Å². The van der Waals surface area contributed by atoms with E-state index in [1.807, 2.05) is 13.8 Å². The Kier molecular flexibility index (Phi) is 7.30. The molecule has 4 rings (SSSR count). The number of carbonyl (C=O) groups is 2. The highest BCUT2D eigenvalue weighted by Crippen LogP contribution is 2.30. The highest BCUT2D eigenvalue weighted by molar-refractivity contribution is 9.10. The number of hydrogen-bond donors (Lipinski definition) is 1. The summed E-state index contributed by atoms with van der Waals surface area (Å²) in [5.41, 5.74) is 0.818. The smallest absolute Gasteiger partial charge is 0.323 e. The molecule has 186 valence electrons. The number of ketones is 1. The average Bonchev–Trinajstić information content (AvgIpc) is 3.15. The van der Waals surface area contributed by atoms with Gasteiger partial charge in [0.25, 0.3) is 0 Å². The van der Waals surface area contributed by atoms with Gasteiger partial charge in [0.2, 0.25) is 10.0 Å². The minimum atomic E-state index is -3.69. The first-order valence-corrected chi connectivity index (χ1v) is 13.5. The molecule has 0 saturated carbocycles. The predicted octanol–water partition coefficient (Wildman–Crippen LogP) is 3.95. The number of carboxylic acids is 1. The van der Waals surface area contributed by atoms with Crippen molar-refractivity contribution < 1.29 is 27.9 Å². The Morgan fingerprint density at radius 2 is 1.80 bits per heavy atom. The largest absolute Gasteiger partial charge is 0.491 e. The van der Waals surface area contributed by atoms with Crippen LogP contribution in [-0.2, 0) is 21.4 Å². The van der Waals surface area contributed by atoms with Crippen molar-refractivity contribution in [3.05, 3.63) is 52.8 Å². The molecule has 1 fully saturated rings. The fourth-order valence-electron chi connectivity index (χ4n) is 4.29. The third-order valence-corrected chi connectivity index (χ3v) is 8.27. The number of piperidine rings is 1. The zero-order valence-corrected chi connectivity index (χ0v) is 21.8. The summed E-state index contributed by atoms with van der Waals surface area (Å²) in [4.78, 5) is 29.2. The lowest BCUT2D eigenvalue weighted by atomic mass is 9.90. The number of ether oxygens (including phenoxy) is 1. The second-order valence-electron chi connectivity index (χ2n) is 8.75. The normalized spacial score (nSPS) is 15.5. The van der Waals surface area contributed by atoms with E-state index in [2.05, 4.69) is 20.9 Å². The number of carboxylic acid groups (broad SMARTS) is 1. The summed E-state index contributed by atoms with van der Waals surface area (Å²) >= 11 is 3.29. The molecule has 0 unspecified atom stereocenters. The van der Waals surface area contributed by atoms with Gasteiger partial charge in [-0.3, -0.25) is 9.59 Å². The number of rotatable bonds is 8. The molecule has 1 aromatic carbocycles. The second kappa shape index (κ2) is 10.1. The molecule has 11 heteroatoms. The predicted molar refractivity (Wildman–Crippen MR) is 133 cm³/mol. The number of pyridine rings is 1. The summed E-state index contributed by atoms with van der Waals surface area (Å²) in [5.74, 6) is -0.928. The number of benzene rings is 1. The van der Waals surface area contributed by atoms with Crippen LogP contribution in [0.3, 0.4) is 0 Å². The maximum Gasteiger partial charge on any atom is 0.323 e. The van der Waals surface area contributed by atoms with Gasteiger partial charge in [0, 0.05) is 36.2 Å². The van der Waals surface area contributed by atoms with Crippen molar-refractivity contribution in [2.45, 2.75) is 44.2 Å². The topological polar surface area (TPSA) is 119 Å². The van der Waals surface area contributed by atoms with E-state index in [4.69, 9.17) is 4.74 Å². The number of aromatic nitrogens is 2. The Labute approximate surface area is 211 Å². The molecule has 35 heavy (non-hydrogen) atoms. The number of carbonyl (C=O) groups excluding carboxylic acids is 1. The van der Waals surface area contributed by atoms with E-state index in [0.29, 0.717) is 39.8 Å². The Morgan fingerprint density at radius 1 is 1.14 bits per heavy atom. The number of halogens is 1. The maximum atomic E-state index is 13.4. The van der Waals surface area contributed by atoms with Crippen molar-refractivity contribution in [2.75, 3.05) is 13.1 Å². The van der Waals surface area contributed by atoms with Crippen molar-refractivity contribution in [1.82, 2.24) is 13.9 Å².